The van der Waals surface area contributed by atoms with Gasteiger partial charge in [0, 0.05) is 7.11 Å². The fraction of sp³-hybridized carbons (Fsp3) is 0.529. The van der Waals surface area contributed by atoms with Crippen molar-refractivity contribution in [3.05, 3.63) is 144 Å². The first-order chi connectivity index (χ1) is 30.2. The minimum absolute atomic E-state index is 0.153. The highest BCUT2D eigenvalue weighted by Gasteiger charge is 2.49. The van der Waals surface area contributed by atoms with E-state index in [1.807, 2.05) is 97.1 Å². The fourth-order valence-electron chi connectivity index (χ4n) is 7.64. The minimum atomic E-state index is -4.71. The Kier molecular flexibility index (Phi) is 24.2. The van der Waals surface area contributed by atoms with E-state index in [2.05, 4.69) is 27.7 Å². The summed E-state index contributed by atoms with van der Waals surface area (Å²) in [6.07, 6.45) is 7.02. The van der Waals surface area contributed by atoms with E-state index in [1.54, 1.807) is 24.3 Å². The summed E-state index contributed by atoms with van der Waals surface area (Å²) in [6.45, 7) is 15.2. The molecule has 1 heterocycles. The molecule has 342 valence electrons. The number of unbranched alkanes of at least 4 members (excludes halogenated alkanes) is 4. The molecule has 0 radical (unpaired) electrons. The maximum atomic E-state index is 12.8. The van der Waals surface area contributed by atoms with Crippen molar-refractivity contribution in [2.24, 2.45) is 0 Å². The number of phosphoric acid groups is 1. The summed E-state index contributed by atoms with van der Waals surface area (Å²) in [6, 6.07) is 38.1. The minimum Gasteiger partial charge on any atom is -0.756 e. The number of hydrogen-bond acceptors (Lipinski definition) is 9. The molecule has 6 atom stereocenters. The molecule has 11 heteroatoms. The molecule has 1 fully saturated rings. The van der Waals surface area contributed by atoms with Crippen molar-refractivity contribution in [1.82, 2.24) is 0 Å². The summed E-state index contributed by atoms with van der Waals surface area (Å²) in [5, 5.41) is 0. The summed E-state index contributed by atoms with van der Waals surface area (Å²) in [5.74, 6) is 0. The standard InChI is InChI=1S/C35H39O9P.C16H36N/c1-38-35-34(41-24-29-18-10-4-11-19-29)33(40-23-28-16-8-3-9-17-28)32(39-22-27-14-6-2-7-15-27)31(44-35)26-43-45(36,37)42-25-30-20-12-5-13-21-30;1-5-9-13-17(14-10-6-2,15-11-7-3)16-12-8-4/h2-21,31-35H,22-26H2,1H3,(H,36,37);5-16H2,1-4H3/q;+1/p-1/t31-,32-,33+,34-,35+;/m1./s1. The monoisotopic (exact) mass is 876 g/mol. The van der Waals surface area contributed by atoms with Crippen LogP contribution >= 0.6 is 7.82 Å². The van der Waals surface area contributed by atoms with Gasteiger partial charge in [-0.25, -0.2) is 0 Å². The maximum absolute atomic E-state index is 12.8. The Morgan fingerprint density at radius 1 is 0.516 bits per heavy atom. The molecule has 0 aromatic heterocycles. The van der Waals surface area contributed by atoms with Crippen molar-refractivity contribution >= 4 is 7.82 Å². The van der Waals surface area contributed by atoms with E-state index in [0.29, 0.717) is 5.56 Å². The van der Waals surface area contributed by atoms with Crippen LogP contribution in [0, 0.1) is 0 Å². The van der Waals surface area contributed by atoms with E-state index >= 15 is 0 Å². The molecule has 0 N–H and O–H groups in total. The summed E-state index contributed by atoms with van der Waals surface area (Å²) in [7, 11) is -3.20. The van der Waals surface area contributed by atoms with Crippen LogP contribution in [-0.2, 0) is 63.7 Å². The van der Waals surface area contributed by atoms with Crippen molar-refractivity contribution in [1.29, 1.82) is 0 Å². The SMILES string of the molecule is CCCC[N+](CCCC)(CCCC)CCCC.CO[C@H]1O[C@H](COP(=O)([O-])OCc2ccccc2)[C@@H](OCc2ccccc2)[C@H](OCc2ccccc2)[C@H]1OCc1ccccc1. The normalized spacial score (nSPS) is 19.9. The van der Waals surface area contributed by atoms with Gasteiger partial charge in [-0.15, -0.1) is 0 Å². The first kappa shape index (κ1) is 51.4. The molecular formula is C51H74NO9P. The van der Waals surface area contributed by atoms with Gasteiger partial charge >= 0.3 is 0 Å². The number of nitrogens with zero attached hydrogens (tertiary/aromatic N) is 1. The van der Waals surface area contributed by atoms with Gasteiger partial charge in [0.25, 0.3) is 7.82 Å². The Bertz CT molecular complexity index is 1720. The van der Waals surface area contributed by atoms with Crippen LogP contribution in [-0.4, -0.2) is 75.1 Å². The van der Waals surface area contributed by atoms with Crippen molar-refractivity contribution in [2.75, 3.05) is 39.9 Å². The Balaban J connectivity index is 0.000000421. The third-order valence-corrected chi connectivity index (χ3v) is 12.2. The molecule has 4 aromatic rings. The van der Waals surface area contributed by atoms with Gasteiger partial charge in [-0.2, -0.15) is 0 Å². The van der Waals surface area contributed by atoms with Gasteiger partial charge in [-0.05, 0) is 47.9 Å². The van der Waals surface area contributed by atoms with Crippen LogP contribution in [0.2, 0.25) is 0 Å². The van der Waals surface area contributed by atoms with Gasteiger partial charge in [0.15, 0.2) is 6.29 Å². The number of benzene rings is 4. The lowest BCUT2D eigenvalue weighted by Crippen LogP contribution is -2.61. The second-order valence-corrected chi connectivity index (χ2v) is 17.6. The summed E-state index contributed by atoms with van der Waals surface area (Å²) >= 11 is 0. The molecule has 1 aliphatic heterocycles. The number of hydrogen-bond donors (Lipinski definition) is 0. The summed E-state index contributed by atoms with van der Waals surface area (Å²) in [5.41, 5.74) is 3.54. The Hall–Kier alpha value is -3.25. The first-order valence-corrected chi connectivity index (χ1v) is 24.3. The van der Waals surface area contributed by atoms with Gasteiger partial charge in [0.05, 0.1) is 59.2 Å². The number of methoxy groups -OCH3 is 1. The summed E-state index contributed by atoms with van der Waals surface area (Å²) < 4.78 is 56.1. The maximum Gasteiger partial charge on any atom is 0.268 e. The second-order valence-electron chi connectivity index (χ2n) is 16.2. The van der Waals surface area contributed by atoms with E-state index < -0.39 is 38.5 Å². The van der Waals surface area contributed by atoms with Crippen LogP contribution in [0.15, 0.2) is 121 Å². The van der Waals surface area contributed by atoms with Crippen LogP contribution in [0.25, 0.3) is 0 Å². The lowest BCUT2D eigenvalue weighted by Gasteiger charge is -2.45. The fourth-order valence-corrected chi connectivity index (χ4v) is 8.36. The van der Waals surface area contributed by atoms with Crippen molar-refractivity contribution in [3.63, 3.8) is 0 Å². The number of ether oxygens (including phenoxy) is 5. The quantitative estimate of drug-likeness (QED) is 0.0407. The number of quaternary nitrogens is 1. The molecule has 0 aliphatic carbocycles. The van der Waals surface area contributed by atoms with Gasteiger partial charge in [-0.3, -0.25) is 4.57 Å². The number of rotatable bonds is 28. The predicted octanol–water partition coefficient (Wildman–Crippen LogP) is 10.8. The zero-order valence-corrected chi connectivity index (χ0v) is 38.9. The summed E-state index contributed by atoms with van der Waals surface area (Å²) in [4.78, 5) is 12.8. The van der Waals surface area contributed by atoms with Gasteiger partial charge in [0.1, 0.15) is 24.4 Å². The third kappa shape index (κ3) is 18.5. The lowest BCUT2D eigenvalue weighted by atomic mass is 9.98. The van der Waals surface area contributed by atoms with Crippen LogP contribution in [0.3, 0.4) is 0 Å². The third-order valence-electron chi connectivity index (χ3n) is 11.3. The molecular weight excluding hydrogens is 802 g/mol. The highest BCUT2D eigenvalue weighted by Crippen LogP contribution is 2.41. The van der Waals surface area contributed by atoms with Gasteiger partial charge < -0.3 is 42.1 Å². The van der Waals surface area contributed by atoms with Gasteiger partial charge in [0.2, 0.25) is 0 Å². The molecule has 1 saturated heterocycles. The number of phosphoric ester groups is 1. The second kappa shape index (κ2) is 29.2. The van der Waals surface area contributed by atoms with Crippen LogP contribution in [0.1, 0.15) is 101 Å². The largest absolute Gasteiger partial charge is 0.756 e. The highest BCUT2D eigenvalue weighted by atomic mass is 31.2. The first-order valence-electron chi connectivity index (χ1n) is 22.9. The Morgan fingerprint density at radius 2 is 0.871 bits per heavy atom. The molecule has 0 spiro atoms. The van der Waals surface area contributed by atoms with E-state index in [9.17, 15) is 9.46 Å². The van der Waals surface area contributed by atoms with Crippen molar-refractivity contribution in [2.45, 2.75) is 136 Å². The molecule has 62 heavy (non-hydrogen) atoms. The zero-order chi connectivity index (χ0) is 44.3. The Morgan fingerprint density at radius 3 is 1.24 bits per heavy atom. The lowest BCUT2D eigenvalue weighted by molar-refractivity contribution is -0.929. The molecule has 4 aromatic carbocycles. The molecule has 5 rings (SSSR count). The predicted molar refractivity (Wildman–Crippen MR) is 245 cm³/mol. The molecule has 0 saturated carbocycles. The average Bonchev–Trinajstić information content (AvgIpc) is 3.32. The molecule has 1 unspecified atom stereocenters. The van der Waals surface area contributed by atoms with Gasteiger partial charge in [-0.1, -0.05) is 175 Å². The highest BCUT2D eigenvalue weighted by molar-refractivity contribution is 7.45. The van der Waals surface area contributed by atoms with Crippen LogP contribution in [0.4, 0.5) is 0 Å². The van der Waals surface area contributed by atoms with Crippen molar-refractivity contribution < 1.29 is 46.7 Å². The average molecular weight is 876 g/mol. The van der Waals surface area contributed by atoms with E-state index in [4.69, 9.17) is 32.7 Å². The molecule has 10 nitrogen and oxygen atoms in total. The molecule has 1 aliphatic rings. The van der Waals surface area contributed by atoms with E-state index in [-0.39, 0.29) is 33.0 Å². The zero-order valence-electron chi connectivity index (χ0n) is 38.0. The van der Waals surface area contributed by atoms with Crippen molar-refractivity contribution in [3.8, 4) is 0 Å². The van der Waals surface area contributed by atoms with E-state index in [0.717, 1.165) is 16.7 Å². The van der Waals surface area contributed by atoms with Crippen LogP contribution < -0.4 is 4.89 Å². The molecule has 0 bridgehead atoms. The Labute approximate surface area is 373 Å². The van der Waals surface area contributed by atoms with E-state index in [1.165, 1.54) is 89.1 Å². The molecule has 0 amide bonds. The van der Waals surface area contributed by atoms with Crippen LogP contribution in [0.5, 0.6) is 0 Å². The smallest absolute Gasteiger partial charge is 0.268 e. The topological polar surface area (TPSA) is 105 Å².